The Hall–Kier alpha value is -2.29. The van der Waals surface area contributed by atoms with Crippen LogP contribution < -0.4 is 5.73 Å². The first-order valence-corrected chi connectivity index (χ1v) is 10.4. The maximum absolute atomic E-state index is 13.1. The van der Waals surface area contributed by atoms with E-state index in [-0.39, 0.29) is 11.4 Å². The van der Waals surface area contributed by atoms with Crippen molar-refractivity contribution in [1.82, 2.24) is 14.5 Å². The lowest BCUT2D eigenvalue weighted by molar-refractivity contribution is 0.408. The highest BCUT2D eigenvalue weighted by molar-refractivity contribution is 7.89. The van der Waals surface area contributed by atoms with E-state index in [0.717, 1.165) is 11.1 Å². The van der Waals surface area contributed by atoms with Gasteiger partial charge in [0.15, 0.2) is 0 Å². The molecule has 1 aromatic heterocycles. The second kappa shape index (κ2) is 7.94. The number of nitrogens with zero attached hydrogens (tertiary/aromatic N) is 3. The summed E-state index contributed by atoms with van der Waals surface area (Å²) in [6.07, 6.45) is 0.611. The molecule has 0 amide bonds. The van der Waals surface area contributed by atoms with Gasteiger partial charge in [-0.1, -0.05) is 59.4 Å². The van der Waals surface area contributed by atoms with Gasteiger partial charge in [0.05, 0.1) is 11.4 Å². The Kier molecular flexibility index (Phi) is 5.65. The summed E-state index contributed by atoms with van der Waals surface area (Å²) >= 11 is 1.20. The molecule has 0 aliphatic carbocycles. The van der Waals surface area contributed by atoms with Gasteiger partial charge in [-0.2, -0.15) is 4.31 Å². The van der Waals surface area contributed by atoms with Crippen LogP contribution in [0.2, 0.25) is 0 Å². The fourth-order valence-electron chi connectivity index (χ4n) is 2.52. The van der Waals surface area contributed by atoms with Gasteiger partial charge in [0, 0.05) is 6.54 Å². The first-order valence-electron chi connectivity index (χ1n) is 8.14. The fourth-order valence-corrected chi connectivity index (χ4v) is 4.63. The number of nitrogens with two attached hydrogens (primary N) is 1. The predicted octanol–water partition coefficient (Wildman–Crippen LogP) is 2.86. The summed E-state index contributed by atoms with van der Waals surface area (Å²) in [5.74, 6) is 0. The Morgan fingerprint density at radius 2 is 1.73 bits per heavy atom. The van der Waals surface area contributed by atoms with Crippen LogP contribution in [0.15, 0.2) is 59.5 Å². The predicted molar refractivity (Wildman–Crippen MR) is 103 cm³/mol. The molecule has 2 aromatic carbocycles. The molecule has 0 saturated carbocycles. The Bertz CT molecular complexity index is 954. The van der Waals surface area contributed by atoms with Crippen LogP contribution in [0.3, 0.4) is 0 Å². The van der Waals surface area contributed by atoms with Gasteiger partial charge in [-0.15, -0.1) is 10.2 Å². The number of hydrogen-bond acceptors (Lipinski definition) is 6. The molecular weight excluding hydrogens is 368 g/mol. The number of sulfonamides is 1. The zero-order valence-corrected chi connectivity index (χ0v) is 16.0. The average Bonchev–Trinajstić information content (AvgIpc) is 3.04. The molecule has 6 nitrogen and oxygen atoms in total. The summed E-state index contributed by atoms with van der Waals surface area (Å²) in [6, 6.07) is 16.7. The van der Waals surface area contributed by atoms with E-state index in [0.29, 0.717) is 23.1 Å². The molecule has 2 N–H and O–H groups in total. The Morgan fingerprint density at radius 3 is 2.35 bits per heavy atom. The van der Waals surface area contributed by atoms with Crippen molar-refractivity contribution in [2.24, 2.45) is 0 Å². The first-order chi connectivity index (χ1) is 12.4. The van der Waals surface area contributed by atoms with Crippen molar-refractivity contribution in [2.45, 2.75) is 24.8 Å². The summed E-state index contributed by atoms with van der Waals surface area (Å²) in [5.41, 5.74) is 7.72. The fraction of sp³-hybridized carbons (Fsp3) is 0.222. The van der Waals surface area contributed by atoms with E-state index in [9.17, 15) is 8.42 Å². The molecule has 0 radical (unpaired) electrons. The number of aromatic nitrogens is 2. The van der Waals surface area contributed by atoms with Crippen LogP contribution in [0.1, 0.15) is 16.1 Å². The van der Waals surface area contributed by atoms with Gasteiger partial charge in [0.1, 0.15) is 5.01 Å². The molecule has 3 aromatic rings. The zero-order chi connectivity index (χ0) is 18.6. The van der Waals surface area contributed by atoms with Crippen molar-refractivity contribution in [2.75, 3.05) is 12.3 Å². The topological polar surface area (TPSA) is 89.2 Å². The largest absolute Gasteiger partial charge is 0.374 e. The van der Waals surface area contributed by atoms with E-state index in [2.05, 4.69) is 10.2 Å². The van der Waals surface area contributed by atoms with E-state index in [4.69, 9.17) is 5.73 Å². The third kappa shape index (κ3) is 4.46. The van der Waals surface area contributed by atoms with Crippen LogP contribution in [-0.4, -0.2) is 29.5 Å². The number of nitrogen functional groups attached to an aromatic ring is 1. The lowest BCUT2D eigenvalue weighted by Crippen LogP contribution is -2.32. The van der Waals surface area contributed by atoms with Crippen LogP contribution in [0, 0.1) is 6.92 Å². The summed E-state index contributed by atoms with van der Waals surface area (Å²) < 4.78 is 27.7. The molecular formula is C18H20N4O2S2. The molecule has 26 heavy (non-hydrogen) atoms. The first kappa shape index (κ1) is 18.5. The molecule has 8 heteroatoms. The number of hydrogen-bond donors (Lipinski definition) is 1. The molecule has 0 fully saturated rings. The Morgan fingerprint density at radius 1 is 1.04 bits per heavy atom. The SMILES string of the molecule is Cc1ccc(S(=O)(=O)N(CCc2ccccc2)Cc2nnc(N)s2)cc1. The minimum Gasteiger partial charge on any atom is -0.374 e. The lowest BCUT2D eigenvalue weighted by atomic mass is 10.1. The van der Waals surface area contributed by atoms with Crippen LogP contribution in [0.25, 0.3) is 0 Å². The molecule has 0 unspecified atom stereocenters. The smallest absolute Gasteiger partial charge is 0.243 e. The van der Waals surface area contributed by atoms with Crippen LogP contribution >= 0.6 is 11.3 Å². The van der Waals surface area contributed by atoms with Crippen molar-refractivity contribution < 1.29 is 8.42 Å². The van der Waals surface area contributed by atoms with Gasteiger partial charge in [-0.05, 0) is 31.0 Å². The van der Waals surface area contributed by atoms with E-state index in [1.54, 1.807) is 24.3 Å². The molecule has 3 rings (SSSR count). The summed E-state index contributed by atoms with van der Waals surface area (Å²) in [6.45, 7) is 2.42. The van der Waals surface area contributed by atoms with Crippen molar-refractivity contribution in [3.63, 3.8) is 0 Å². The van der Waals surface area contributed by atoms with Gasteiger partial charge in [0.25, 0.3) is 0 Å². The van der Waals surface area contributed by atoms with Crippen LogP contribution in [0.5, 0.6) is 0 Å². The second-order valence-corrected chi connectivity index (χ2v) is 8.95. The summed E-state index contributed by atoms with van der Waals surface area (Å²) in [4.78, 5) is 0.272. The van der Waals surface area contributed by atoms with E-state index in [1.165, 1.54) is 15.6 Å². The van der Waals surface area contributed by atoms with Gasteiger partial charge in [-0.25, -0.2) is 8.42 Å². The molecule has 0 aliphatic rings. The van der Waals surface area contributed by atoms with Gasteiger partial charge in [0.2, 0.25) is 15.2 Å². The number of benzene rings is 2. The normalized spacial score (nSPS) is 11.8. The second-order valence-electron chi connectivity index (χ2n) is 5.92. The monoisotopic (exact) mass is 388 g/mol. The molecule has 0 bridgehead atoms. The Balaban J connectivity index is 1.86. The van der Waals surface area contributed by atoms with Crippen molar-refractivity contribution in [3.8, 4) is 0 Å². The van der Waals surface area contributed by atoms with Crippen LogP contribution in [-0.2, 0) is 23.0 Å². The van der Waals surface area contributed by atoms with Crippen molar-refractivity contribution in [3.05, 3.63) is 70.7 Å². The number of rotatable bonds is 7. The maximum atomic E-state index is 13.1. The lowest BCUT2D eigenvalue weighted by Gasteiger charge is -2.21. The summed E-state index contributed by atoms with van der Waals surface area (Å²) in [5, 5.41) is 8.65. The Labute approximate surface area is 157 Å². The van der Waals surface area contributed by atoms with Gasteiger partial charge < -0.3 is 5.73 Å². The third-order valence-electron chi connectivity index (χ3n) is 3.95. The van der Waals surface area contributed by atoms with Crippen LogP contribution in [0.4, 0.5) is 5.13 Å². The highest BCUT2D eigenvalue weighted by Gasteiger charge is 2.25. The quantitative estimate of drug-likeness (QED) is 0.672. The minimum atomic E-state index is -3.65. The standard InChI is InChI=1S/C18H20N4O2S2/c1-14-7-9-16(10-8-14)26(23,24)22(13-17-20-21-18(19)25-17)12-11-15-5-3-2-4-6-15/h2-10H,11-13H2,1H3,(H2,19,21). The van der Waals surface area contributed by atoms with Gasteiger partial charge >= 0.3 is 0 Å². The molecule has 0 spiro atoms. The van der Waals surface area contributed by atoms with E-state index in [1.807, 2.05) is 37.3 Å². The number of anilines is 1. The van der Waals surface area contributed by atoms with Gasteiger partial charge in [-0.3, -0.25) is 0 Å². The highest BCUT2D eigenvalue weighted by atomic mass is 32.2. The van der Waals surface area contributed by atoms with E-state index < -0.39 is 10.0 Å². The number of aryl methyl sites for hydroxylation is 1. The highest BCUT2D eigenvalue weighted by Crippen LogP contribution is 2.21. The van der Waals surface area contributed by atoms with Crippen molar-refractivity contribution >= 4 is 26.5 Å². The molecule has 0 saturated heterocycles. The molecule has 136 valence electrons. The molecule has 1 heterocycles. The zero-order valence-electron chi connectivity index (χ0n) is 14.4. The average molecular weight is 389 g/mol. The van der Waals surface area contributed by atoms with Crippen molar-refractivity contribution in [1.29, 1.82) is 0 Å². The maximum Gasteiger partial charge on any atom is 0.243 e. The summed E-state index contributed by atoms with van der Waals surface area (Å²) in [7, 11) is -3.65. The third-order valence-corrected chi connectivity index (χ3v) is 6.54. The van der Waals surface area contributed by atoms with E-state index >= 15 is 0 Å². The molecule has 0 atom stereocenters. The molecule has 0 aliphatic heterocycles. The minimum absolute atomic E-state index is 0.151.